The first-order valence-electron chi connectivity index (χ1n) is 3.67. The molecule has 0 amide bonds. The van der Waals surface area contributed by atoms with Gasteiger partial charge < -0.3 is 0 Å². The molecule has 1 rings (SSSR count). The van der Waals surface area contributed by atoms with Crippen LogP contribution in [0.3, 0.4) is 0 Å². The first kappa shape index (κ1) is 9.08. The van der Waals surface area contributed by atoms with E-state index in [9.17, 15) is 0 Å². The van der Waals surface area contributed by atoms with Gasteiger partial charge in [-0.1, -0.05) is 32.4 Å². The fourth-order valence-corrected chi connectivity index (χ4v) is 2.85. The van der Waals surface area contributed by atoms with Gasteiger partial charge in [0.15, 0.2) is 0 Å². The van der Waals surface area contributed by atoms with Crippen molar-refractivity contribution in [2.45, 2.75) is 33.1 Å². The minimum atomic E-state index is 0.182. The van der Waals surface area contributed by atoms with E-state index >= 15 is 0 Å². The van der Waals surface area contributed by atoms with Crippen molar-refractivity contribution < 1.29 is 0 Å². The van der Waals surface area contributed by atoms with Crippen molar-refractivity contribution >= 4 is 22.9 Å². The maximum absolute atomic E-state index is 6.05. The molecule has 0 saturated carbocycles. The fraction of sp³-hybridized carbons (Fsp3) is 0.556. The van der Waals surface area contributed by atoms with Crippen LogP contribution in [0.25, 0.3) is 0 Å². The van der Waals surface area contributed by atoms with Gasteiger partial charge in [0.2, 0.25) is 0 Å². The Balaban J connectivity index is 3.21. The molecule has 0 aliphatic heterocycles. The standard InChI is InChI=1S/C9H13ClS/c1-6-5-11-8(10)7(6)9(2,3)4/h5H,1-4H3. The van der Waals surface area contributed by atoms with E-state index in [1.54, 1.807) is 11.3 Å². The molecule has 0 aliphatic carbocycles. The van der Waals surface area contributed by atoms with Gasteiger partial charge >= 0.3 is 0 Å². The number of halogens is 1. The van der Waals surface area contributed by atoms with Crippen molar-refractivity contribution in [3.05, 3.63) is 20.8 Å². The van der Waals surface area contributed by atoms with Gasteiger partial charge in [-0.2, -0.15) is 0 Å². The smallest absolute Gasteiger partial charge is 0.0968 e. The maximum Gasteiger partial charge on any atom is 0.0968 e. The Morgan fingerprint density at radius 1 is 1.36 bits per heavy atom. The molecule has 0 radical (unpaired) electrons. The van der Waals surface area contributed by atoms with Crippen LogP contribution in [0.4, 0.5) is 0 Å². The average Bonchev–Trinajstić information content (AvgIpc) is 2.08. The molecule has 62 valence electrons. The Kier molecular flexibility index (Phi) is 2.31. The zero-order valence-corrected chi connectivity index (χ0v) is 8.94. The first-order valence-corrected chi connectivity index (χ1v) is 4.93. The lowest BCUT2D eigenvalue weighted by molar-refractivity contribution is 0.589. The number of hydrogen-bond acceptors (Lipinski definition) is 1. The highest BCUT2D eigenvalue weighted by atomic mass is 35.5. The summed E-state index contributed by atoms with van der Waals surface area (Å²) in [6.45, 7) is 8.68. The minimum Gasteiger partial charge on any atom is -0.131 e. The third-order valence-electron chi connectivity index (χ3n) is 1.68. The molecule has 0 spiro atoms. The lowest BCUT2D eigenvalue weighted by Crippen LogP contribution is -2.11. The molecule has 0 aliphatic rings. The van der Waals surface area contributed by atoms with Crippen LogP contribution in [-0.2, 0) is 5.41 Å². The van der Waals surface area contributed by atoms with E-state index in [-0.39, 0.29) is 5.41 Å². The Morgan fingerprint density at radius 3 is 2.09 bits per heavy atom. The monoisotopic (exact) mass is 188 g/mol. The molecule has 0 saturated heterocycles. The van der Waals surface area contributed by atoms with E-state index in [1.165, 1.54) is 11.1 Å². The molecule has 1 aromatic rings. The van der Waals surface area contributed by atoms with Crippen molar-refractivity contribution in [2.24, 2.45) is 0 Å². The summed E-state index contributed by atoms with van der Waals surface area (Å²) >= 11 is 7.67. The second kappa shape index (κ2) is 2.80. The summed E-state index contributed by atoms with van der Waals surface area (Å²) in [5.41, 5.74) is 2.79. The SMILES string of the molecule is Cc1csc(Cl)c1C(C)(C)C. The van der Waals surface area contributed by atoms with Gasteiger partial charge in [-0.15, -0.1) is 11.3 Å². The number of aryl methyl sites for hydroxylation is 1. The van der Waals surface area contributed by atoms with E-state index in [0.29, 0.717) is 0 Å². The summed E-state index contributed by atoms with van der Waals surface area (Å²) in [4.78, 5) is 0. The van der Waals surface area contributed by atoms with Crippen LogP contribution in [0.5, 0.6) is 0 Å². The van der Waals surface area contributed by atoms with Crippen LogP contribution in [0.2, 0.25) is 4.34 Å². The molecule has 0 bridgehead atoms. The third-order valence-corrected chi connectivity index (χ3v) is 3.02. The summed E-state index contributed by atoms with van der Waals surface area (Å²) in [7, 11) is 0. The van der Waals surface area contributed by atoms with E-state index in [0.717, 1.165) is 4.34 Å². The van der Waals surface area contributed by atoms with Gasteiger partial charge in [-0.05, 0) is 28.8 Å². The third kappa shape index (κ3) is 1.77. The van der Waals surface area contributed by atoms with Crippen LogP contribution in [-0.4, -0.2) is 0 Å². The minimum absolute atomic E-state index is 0.182. The molecular weight excluding hydrogens is 176 g/mol. The maximum atomic E-state index is 6.05. The van der Waals surface area contributed by atoms with Crippen molar-refractivity contribution in [1.82, 2.24) is 0 Å². The summed E-state index contributed by atoms with van der Waals surface area (Å²) in [6.07, 6.45) is 0. The molecule has 0 unspecified atom stereocenters. The largest absolute Gasteiger partial charge is 0.131 e. The van der Waals surface area contributed by atoms with Crippen LogP contribution >= 0.6 is 22.9 Å². The van der Waals surface area contributed by atoms with Crippen molar-refractivity contribution in [3.8, 4) is 0 Å². The van der Waals surface area contributed by atoms with Crippen LogP contribution < -0.4 is 0 Å². The Bertz CT molecular complexity index is 236. The molecule has 0 fully saturated rings. The molecule has 0 atom stereocenters. The molecule has 11 heavy (non-hydrogen) atoms. The quantitative estimate of drug-likeness (QED) is 0.577. The van der Waals surface area contributed by atoms with Crippen LogP contribution in [0.15, 0.2) is 5.38 Å². The number of rotatable bonds is 0. The molecule has 1 aromatic heterocycles. The lowest BCUT2D eigenvalue weighted by atomic mass is 9.87. The van der Waals surface area contributed by atoms with E-state index in [2.05, 4.69) is 33.1 Å². The average molecular weight is 189 g/mol. The second-order valence-corrected chi connectivity index (χ2v) is 5.30. The predicted octanol–water partition coefficient (Wildman–Crippen LogP) is 4.01. The summed E-state index contributed by atoms with van der Waals surface area (Å²) in [5, 5.41) is 2.11. The van der Waals surface area contributed by atoms with Crippen molar-refractivity contribution in [1.29, 1.82) is 0 Å². The zero-order valence-electron chi connectivity index (χ0n) is 7.36. The predicted molar refractivity (Wildman–Crippen MR) is 52.8 cm³/mol. The van der Waals surface area contributed by atoms with Gasteiger partial charge in [0.05, 0.1) is 4.34 Å². The van der Waals surface area contributed by atoms with Crippen molar-refractivity contribution in [2.75, 3.05) is 0 Å². The summed E-state index contributed by atoms with van der Waals surface area (Å²) < 4.78 is 0.940. The van der Waals surface area contributed by atoms with Gasteiger partial charge in [0.25, 0.3) is 0 Å². The van der Waals surface area contributed by atoms with Gasteiger partial charge in [0, 0.05) is 0 Å². The molecule has 2 heteroatoms. The van der Waals surface area contributed by atoms with Crippen LogP contribution in [0, 0.1) is 6.92 Å². The summed E-state index contributed by atoms with van der Waals surface area (Å²) in [6, 6.07) is 0. The van der Waals surface area contributed by atoms with E-state index < -0.39 is 0 Å². The highest BCUT2D eigenvalue weighted by Gasteiger charge is 2.20. The Hall–Kier alpha value is -0.0100. The number of thiophene rings is 1. The molecule has 1 heterocycles. The van der Waals surface area contributed by atoms with Gasteiger partial charge in [-0.25, -0.2) is 0 Å². The molecular formula is C9H13ClS. The topological polar surface area (TPSA) is 0 Å². The zero-order chi connectivity index (χ0) is 8.65. The van der Waals surface area contributed by atoms with Gasteiger partial charge in [-0.3, -0.25) is 0 Å². The Labute approximate surface area is 77.2 Å². The normalized spacial score (nSPS) is 12.1. The van der Waals surface area contributed by atoms with Gasteiger partial charge in [0.1, 0.15) is 0 Å². The van der Waals surface area contributed by atoms with Crippen LogP contribution in [0.1, 0.15) is 31.9 Å². The van der Waals surface area contributed by atoms with Crippen molar-refractivity contribution in [3.63, 3.8) is 0 Å². The molecule has 0 N–H and O–H groups in total. The first-order chi connectivity index (χ1) is 4.93. The van der Waals surface area contributed by atoms with E-state index in [4.69, 9.17) is 11.6 Å². The lowest BCUT2D eigenvalue weighted by Gasteiger charge is -2.19. The molecule has 0 nitrogen and oxygen atoms in total. The second-order valence-electron chi connectivity index (χ2n) is 3.82. The highest BCUT2D eigenvalue weighted by Crippen LogP contribution is 2.36. The summed E-state index contributed by atoms with van der Waals surface area (Å²) in [5.74, 6) is 0. The number of hydrogen-bond donors (Lipinski definition) is 0. The molecule has 0 aromatic carbocycles. The fourth-order valence-electron chi connectivity index (χ4n) is 1.30. The van der Waals surface area contributed by atoms with E-state index in [1.807, 2.05) is 0 Å². The Morgan fingerprint density at radius 2 is 1.91 bits per heavy atom. The highest BCUT2D eigenvalue weighted by molar-refractivity contribution is 7.14.